The van der Waals surface area contributed by atoms with Gasteiger partial charge in [-0.1, -0.05) is 6.92 Å². The van der Waals surface area contributed by atoms with Gasteiger partial charge >= 0.3 is 0 Å². The predicted molar refractivity (Wildman–Crippen MR) is 128 cm³/mol. The van der Waals surface area contributed by atoms with Crippen LogP contribution in [-0.4, -0.2) is 38.3 Å². The molecule has 2 saturated heterocycles. The molecule has 2 aliphatic heterocycles. The van der Waals surface area contributed by atoms with Crippen LogP contribution < -0.4 is 16.0 Å². The number of H-pyrrole nitrogens is 1. The Morgan fingerprint density at radius 3 is 2.47 bits per heavy atom. The second kappa shape index (κ2) is 8.03. The molecule has 1 saturated carbocycles. The maximum atomic E-state index is 4.93. The number of aromatic nitrogens is 4. The van der Waals surface area contributed by atoms with Gasteiger partial charge in [-0.15, -0.1) is 0 Å². The average Bonchev–Trinajstić information content (AvgIpc) is 3.15. The summed E-state index contributed by atoms with van der Waals surface area (Å²) < 4.78 is 0. The van der Waals surface area contributed by atoms with Crippen LogP contribution in [0.15, 0.2) is 30.5 Å². The minimum atomic E-state index is 0.436. The lowest BCUT2D eigenvalue weighted by Gasteiger charge is -2.49. The lowest BCUT2D eigenvalue weighted by molar-refractivity contribution is 0.0661. The minimum Gasteiger partial charge on any atom is -0.367 e. The first-order chi connectivity index (χ1) is 15.6. The largest absolute Gasteiger partial charge is 0.367 e. The molecule has 4 N–H and O–H groups in total. The van der Waals surface area contributed by atoms with Crippen LogP contribution in [-0.2, 0) is 0 Å². The van der Waals surface area contributed by atoms with Gasteiger partial charge in [0.2, 0.25) is 0 Å². The van der Waals surface area contributed by atoms with Crippen molar-refractivity contribution in [3.8, 4) is 0 Å². The molecule has 0 amide bonds. The van der Waals surface area contributed by atoms with Crippen LogP contribution in [0.4, 0.5) is 17.5 Å². The summed E-state index contributed by atoms with van der Waals surface area (Å²) in [5.74, 6) is 5.30. The topological polar surface area (TPSA) is 90.6 Å². The zero-order valence-electron chi connectivity index (χ0n) is 18.9. The fourth-order valence-electron chi connectivity index (χ4n) is 6.32. The van der Waals surface area contributed by atoms with E-state index in [0.717, 1.165) is 64.6 Å². The van der Waals surface area contributed by atoms with Crippen molar-refractivity contribution in [3.63, 3.8) is 0 Å². The standard InChI is InChI=1S/C25H33N7/c1-14-6-16(7-14)17-9-18-11-20(12-19(10-17)27-18)28-25-21-4-3-5-26-22(21)13-23(30-25)29-24-8-15(2)31-32-24/h3-5,8,13-14,16-20,27H,6-7,9-12H2,1-2H3,(H3,28,29,30,31,32)/t14-,16-,17?,18-,19+,20-. The Labute approximate surface area is 189 Å². The number of rotatable bonds is 5. The maximum Gasteiger partial charge on any atom is 0.153 e. The second-order valence-electron chi connectivity index (χ2n) is 10.4. The molecule has 0 aromatic carbocycles. The second-order valence-corrected chi connectivity index (χ2v) is 10.4. The number of fused-ring (bicyclic) bond motifs is 3. The SMILES string of the molecule is Cc1cc(Nc2cc3ncccc3c(N[C@@H]3C[C@H]4CC([C@H]5C[C@H](C)C5)C[C@@H](C3)N4)n2)n[nH]1. The first-order valence-electron chi connectivity index (χ1n) is 12.2. The Bertz CT molecular complexity index is 1090. The number of hydrogen-bond acceptors (Lipinski definition) is 6. The highest BCUT2D eigenvalue weighted by molar-refractivity contribution is 5.91. The summed E-state index contributed by atoms with van der Waals surface area (Å²) in [6.07, 6.45) is 9.73. The quantitative estimate of drug-likeness (QED) is 0.466. The van der Waals surface area contributed by atoms with E-state index >= 15 is 0 Å². The van der Waals surface area contributed by atoms with Crippen molar-refractivity contribution in [3.05, 3.63) is 36.2 Å². The van der Waals surface area contributed by atoms with Gasteiger partial charge in [-0.25, -0.2) is 4.98 Å². The van der Waals surface area contributed by atoms with E-state index in [-0.39, 0.29) is 0 Å². The zero-order chi connectivity index (χ0) is 21.7. The van der Waals surface area contributed by atoms with Crippen LogP contribution in [0, 0.1) is 24.7 Å². The minimum absolute atomic E-state index is 0.436. The third-order valence-electron chi connectivity index (χ3n) is 7.76. The van der Waals surface area contributed by atoms with E-state index in [1.54, 1.807) is 0 Å². The molecule has 32 heavy (non-hydrogen) atoms. The van der Waals surface area contributed by atoms with Gasteiger partial charge in [-0.05, 0) is 75.3 Å². The molecule has 7 nitrogen and oxygen atoms in total. The Morgan fingerprint density at radius 2 is 1.75 bits per heavy atom. The summed E-state index contributed by atoms with van der Waals surface area (Å²) in [4.78, 5) is 9.52. The number of aromatic amines is 1. The highest BCUT2D eigenvalue weighted by atomic mass is 15.2. The predicted octanol–water partition coefficient (Wildman–Crippen LogP) is 4.76. The first kappa shape index (κ1) is 20.0. The van der Waals surface area contributed by atoms with Crippen molar-refractivity contribution in [2.24, 2.45) is 17.8 Å². The maximum absolute atomic E-state index is 4.93. The Kier molecular flexibility index (Phi) is 5.01. The summed E-state index contributed by atoms with van der Waals surface area (Å²) in [7, 11) is 0. The van der Waals surface area contributed by atoms with Crippen molar-refractivity contribution in [1.29, 1.82) is 0 Å². The van der Waals surface area contributed by atoms with Crippen molar-refractivity contribution >= 4 is 28.4 Å². The lowest BCUT2D eigenvalue weighted by Crippen LogP contribution is -2.55. The van der Waals surface area contributed by atoms with Crippen LogP contribution in [0.1, 0.15) is 51.1 Å². The number of hydrogen-bond donors (Lipinski definition) is 4. The zero-order valence-corrected chi connectivity index (χ0v) is 18.9. The highest BCUT2D eigenvalue weighted by Crippen LogP contribution is 2.45. The van der Waals surface area contributed by atoms with E-state index in [4.69, 9.17) is 4.98 Å². The fourth-order valence-corrected chi connectivity index (χ4v) is 6.32. The number of piperidine rings is 2. The molecule has 0 radical (unpaired) electrons. The number of nitrogens with one attached hydrogen (secondary N) is 4. The smallest absolute Gasteiger partial charge is 0.153 e. The van der Waals surface area contributed by atoms with Gasteiger partial charge in [0.15, 0.2) is 5.82 Å². The van der Waals surface area contributed by atoms with Crippen LogP contribution >= 0.6 is 0 Å². The highest BCUT2D eigenvalue weighted by Gasteiger charge is 2.41. The van der Waals surface area contributed by atoms with Gasteiger partial charge in [-0.3, -0.25) is 10.1 Å². The van der Waals surface area contributed by atoms with Crippen molar-refractivity contribution in [2.75, 3.05) is 10.6 Å². The molecule has 3 aliphatic rings. The summed E-state index contributed by atoms with van der Waals surface area (Å²) in [5, 5.41) is 19.4. The number of nitrogens with zero attached hydrogens (tertiary/aromatic N) is 3. The lowest BCUT2D eigenvalue weighted by atomic mass is 9.63. The molecule has 7 heteroatoms. The molecule has 3 aromatic heterocycles. The number of pyridine rings is 2. The van der Waals surface area contributed by atoms with E-state index in [2.05, 4.69) is 44.1 Å². The summed E-state index contributed by atoms with van der Waals surface area (Å²) in [5.41, 5.74) is 1.95. The third-order valence-corrected chi connectivity index (χ3v) is 7.76. The number of aryl methyl sites for hydroxylation is 1. The van der Waals surface area contributed by atoms with E-state index in [1.165, 1.54) is 25.7 Å². The molecule has 3 fully saturated rings. The molecule has 1 aliphatic carbocycles. The first-order valence-corrected chi connectivity index (χ1v) is 12.2. The van der Waals surface area contributed by atoms with Gasteiger partial charge in [0.05, 0.1) is 5.52 Å². The summed E-state index contributed by atoms with van der Waals surface area (Å²) in [6.45, 7) is 4.39. The molecule has 2 bridgehead atoms. The Morgan fingerprint density at radius 1 is 0.969 bits per heavy atom. The van der Waals surface area contributed by atoms with Gasteiger partial charge in [0, 0.05) is 47.5 Å². The van der Waals surface area contributed by atoms with Gasteiger partial charge < -0.3 is 16.0 Å². The Balaban J connectivity index is 1.20. The van der Waals surface area contributed by atoms with Crippen LogP contribution in [0.2, 0.25) is 0 Å². The molecule has 168 valence electrons. The summed E-state index contributed by atoms with van der Waals surface area (Å²) >= 11 is 0. The Hall–Kier alpha value is -2.67. The van der Waals surface area contributed by atoms with Crippen molar-refractivity contribution < 1.29 is 0 Å². The molecule has 4 atom stereocenters. The van der Waals surface area contributed by atoms with Crippen LogP contribution in [0.25, 0.3) is 10.9 Å². The summed E-state index contributed by atoms with van der Waals surface area (Å²) in [6, 6.07) is 9.75. The van der Waals surface area contributed by atoms with E-state index in [9.17, 15) is 0 Å². The monoisotopic (exact) mass is 431 g/mol. The van der Waals surface area contributed by atoms with Crippen LogP contribution in [0.3, 0.4) is 0 Å². The van der Waals surface area contributed by atoms with E-state index < -0.39 is 0 Å². The van der Waals surface area contributed by atoms with Gasteiger partial charge in [-0.2, -0.15) is 5.10 Å². The van der Waals surface area contributed by atoms with Gasteiger partial charge in [0.25, 0.3) is 0 Å². The molecule has 6 rings (SSSR count). The third kappa shape index (κ3) is 3.94. The molecular weight excluding hydrogens is 398 g/mol. The molecule has 0 spiro atoms. The molecular formula is C25H33N7. The van der Waals surface area contributed by atoms with E-state index in [1.807, 2.05) is 31.3 Å². The number of anilines is 3. The fraction of sp³-hybridized carbons (Fsp3) is 0.560. The molecule has 3 aromatic rings. The average molecular weight is 432 g/mol. The molecule has 1 unspecified atom stereocenters. The van der Waals surface area contributed by atoms with Crippen molar-refractivity contribution in [2.45, 2.75) is 70.5 Å². The molecule has 5 heterocycles. The van der Waals surface area contributed by atoms with E-state index in [0.29, 0.717) is 18.1 Å². The van der Waals surface area contributed by atoms with Crippen LogP contribution in [0.5, 0.6) is 0 Å². The van der Waals surface area contributed by atoms with Crippen molar-refractivity contribution in [1.82, 2.24) is 25.5 Å². The normalized spacial score (nSPS) is 31.8. The van der Waals surface area contributed by atoms with Gasteiger partial charge in [0.1, 0.15) is 11.6 Å².